The highest BCUT2D eigenvalue weighted by atomic mass is 79.9. The second-order valence-electron chi connectivity index (χ2n) is 7.48. The molecule has 1 saturated heterocycles. The van der Waals surface area contributed by atoms with Crippen LogP contribution in [0.15, 0.2) is 56.3 Å². The lowest BCUT2D eigenvalue weighted by Crippen LogP contribution is -2.41. The van der Waals surface area contributed by atoms with Crippen molar-refractivity contribution in [1.82, 2.24) is 4.90 Å². The van der Waals surface area contributed by atoms with Crippen molar-refractivity contribution >= 4 is 36.7 Å². The van der Waals surface area contributed by atoms with Gasteiger partial charge in [0.15, 0.2) is 9.84 Å². The summed E-state index contributed by atoms with van der Waals surface area (Å²) in [7, 11) is -2.98. The smallest absolute Gasteiger partial charge is 0.200 e. The first-order valence-electron chi connectivity index (χ1n) is 9.32. The molecule has 1 aromatic heterocycles. The van der Waals surface area contributed by atoms with Crippen molar-refractivity contribution in [2.24, 2.45) is 0 Å². The Bertz CT molecular complexity index is 1270. The van der Waals surface area contributed by atoms with E-state index in [1.807, 2.05) is 29.2 Å². The van der Waals surface area contributed by atoms with Crippen LogP contribution in [0.2, 0.25) is 0 Å². The van der Waals surface area contributed by atoms with E-state index in [1.165, 1.54) is 6.26 Å². The summed E-state index contributed by atoms with van der Waals surface area (Å²) < 4.78 is 36.4. The normalized spacial score (nSPS) is 21.1. The highest BCUT2D eigenvalue weighted by Crippen LogP contribution is 2.34. The zero-order valence-electron chi connectivity index (χ0n) is 15.4. The maximum Gasteiger partial charge on any atom is 0.200 e. The number of halogens is 1. The number of hydrogen-bond acceptors (Lipinski definition) is 6. The first kappa shape index (κ1) is 18.8. The highest BCUT2D eigenvalue weighted by molar-refractivity contribution is 9.10. The Morgan fingerprint density at radius 3 is 2.62 bits per heavy atom. The molecule has 0 N–H and O–H groups in total. The molecule has 2 aliphatic rings. The van der Waals surface area contributed by atoms with Gasteiger partial charge >= 0.3 is 0 Å². The van der Waals surface area contributed by atoms with E-state index in [0.29, 0.717) is 42.0 Å². The number of sulfone groups is 1. The maximum absolute atomic E-state index is 13.1. The molecule has 0 bridgehead atoms. The summed E-state index contributed by atoms with van der Waals surface area (Å²) in [5.41, 5.74) is 2.48. The van der Waals surface area contributed by atoms with Gasteiger partial charge in [0.1, 0.15) is 24.3 Å². The van der Waals surface area contributed by atoms with Crippen molar-refractivity contribution < 1.29 is 17.6 Å². The zero-order chi connectivity index (χ0) is 20.2. The molecule has 0 saturated carbocycles. The van der Waals surface area contributed by atoms with E-state index in [0.717, 1.165) is 15.6 Å². The summed E-state index contributed by atoms with van der Waals surface area (Å²) in [4.78, 5) is 15.1. The van der Waals surface area contributed by atoms with Crippen molar-refractivity contribution in [2.45, 2.75) is 19.0 Å². The Labute approximate surface area is 176 Å². The molecule has 5 rings (SSSR count). The quantitative estimate of drug-likeness (QED) is 0.563. The van der Waals surface area contributed by atoms with Gasteiger partial charge in [-0.2, -0.15) is 0 Å². The van der Waals surface area contributed by atoms with Crippen LogP contribution in [0.25, 0.3) is 22.1 Å². The lowest BCUT2D eigenvalue weighted by Gasteiger charge is -2.33. The molecule has 3 aromatic rings. The van der Waals surface area contributed by atoms with Crippen LogP contribution in [0, 0.1) is 0 Å². The average Bonchev–Trinajstić information content (AvgIpc) is 3.08. The van der Waals surface area contributed by atoms with Gasteiger partial charge in [0.05, 0.1) is 28.0 Å². The van der Waals surface area contributed by atoms with Crippen molar-refractivity contribution in [3.8, 4) is 16.9 Å². The largest absolute Gasteiger partial charge is 0.478 e. The SMILES string of the molecule is O=c1c(-c2ccc(Br)cc2)coc2c3c(ccc12)OCN(C1CCS(=O)(=O)C1)C3. The van der Waals surface area contributed by atoms with Crippen LogP contribution in [-0.4, -0.2) is 37.6 Å². The van der Waals surface area contributed by atoms with Crippen LogP contribution in [0.5, 0.6) is 5.75 Å². The first-order chi connectivity index (χ1) is 13.9. The van der Waals surface area contributed by atoms with Gasteiger partial charge in [0, 0.05) is 17.1 Å². The van der Waals surface area contributed by atoms with E-state index < -0.39 is 9.84 Å². The van der Waals surface area contributed by atoms with Crippen molar-refractivity contribution in [3.05, 3.63) is 62.9 Å². The van der Waals surface area contributed by atoms with E-state index in [9.17, 15) is 13.2 Å². The molecule has 1 fully saturated rings. The van der Waals surface area contributed by atoms with Gasteiger partial charge in [-0.1, -0.05) is 28.1 Å². The monoisotopic (exact) mass is 475 g/mol. The van der Waals surface area contributed by atoms with E-state index in [1.54, 1.807) is 12.1 Å². The first-order valence-corrected chi connectivity index (χ1v) is 11.9. The minimum Gasteiger partial charge on any atom is -0.478 e. The van der Waals surface area contributed by atoms with Gasteiger partial charge in [0.25, 0.3) is 0 Å². The molecule has 3 heterocycles. The summed E-state index contributed by atoms with van der Waals surface area (Å²) in [6.45, 7) is 0.827. The van der Waals surface area contributed by atoms with E-state index in [-0.39, 0.29) is 23.0 Å². The predicted molar refractivity (Wildman–Crippen MR) is 114 cm³/mol. The van der Waals surface area contributed by atoms with Gasteiger partial charge in [-0.15, -0.1) is 0 Å². The molecular weight excluding hydrogens is 458 g/mol. The number of nitrogens with zero attached hydrogens (tertiary/aromatic N) is 1. The summed E-state index contributed by atoms with van der Waals surface area (Å²) in [6, 6.07) is 11.0. The van der Waals surface area contributed by atoms with Crippen LogP contribution in [0.3, 0.4) is 0 Å². The summed E-state index contributed by atoms with van der Waals surface area (Å²) in [5, 5.41) is 0.494. The second kappa shape index (κ2) is 6.97. The van der Waals surface area contributed by atoms with Crippen molar-refractivity contribution in [3.63, 3.8) is 0 Å². The molecule has 2 aromatic carbocycles. The van der Waals surface area contributed by atoms with Gasteiger partial charge in [0.2, 0.25) is 5.43 Å². The standard InChI is InChI=1S/C21H18BrNO5S/c22-14-3-1-13(2-4-14)18-10-27-21-16(20(18)24)5-6-19-17(21)9-23(12-28-19)15-7-8-29(25,26)11-15/h1-6,10,15H,7-9,11-12H2. The number of fused-ring (bicyclic) bond motifs is 3. The molecule has 0 spiro atoms. The van der Waals surface area contributed by atoms with E-state index in [4.69, 9.17) is 9.15 Å². The third-order valence-corrected chi connectivity index (χ3v) is 7.91. The molecule has 1 atom stereocenters. The molecule has 0 radical (unpaired) electrons. The minimum atomic E-state index is -2.98. The average molecular weight is 476 g/mol. The zero-order valence-corrected chi connectivity index (χ0v) is 17.8. The summed E-state index contributed by atoms with van der Waals surface area (Å²) >= 11 is 3.40. The Kier molecular flexibility index (Phi) is 4.53. The maximum atomic E-state index is 13.1. The van der Waals surface area contributed by atoms with Crippen LogP contribution >= 0.6 is 15.9 Å². The minimum absolute atomic E-state index is 0.0721. The Morgan fingerprint density at radius 1 is 1.10 bits per heavy atom. The molecule has 6 nitrogen and oxygen atoms in total. The van der Waals surface area contributed by atoms with E-state index >= 15 is 0 Å². The third-order valence-electron chi connectivity index (χ3n) is 5.63. The van der Waals surface area contributed by atoms with Crippen molar-refractivity contribution in [2.75, 3.05) is 18.2 Å². The molecule has 1 unspecified atom stereocenters. The fraction of sp³-hybridized carbons (Fsp3) is 0.286. The second-order valence-corrected chi connectivity index (χ2v) is 10.6. The fourth-order valence-corrected chi connectivity index (χ4v) is 6.08. The van der Waals surface area contributed by atoms with Gasteiger partial charge in [-0.05, 0) is 36.2 Å². The number of benzene rings is 2. The topological polar surface area (TPSA) is 76.8 Å². The van der Waals surface area contributed by atoms with E-state index in [2.05, 4.69) is 15.9 Å². The van der Waals surface area contributed by atoms with Crippen LogP contribution in [0.1, 0.15) is 12.0 Å². The lowest BCUT2D eigenvalue weighted by molar-refractivity contribution is 0.0649. The van der Waals surface area contributed by atoms with Crippen molar-refractivity contribution in [1.29, 1.82) is 0 Å². The lowest BCUT2D eigenvalue weighted by atomic mass is 10.0. The van der Waals surface area contributed by atoms with Crippen LogP contribution in [0.4, 0.5) is 0 Å². The van der Waals surface area contributed by atoms with Gasteiger partial charge < -0.3 is 9.15 Å². The van der Waals surface area contributed by atoms with Crippen LogP contribution < -0.4 is 10.2 Å². The Balaban J connectivity index is 1.55. The van der Waals surface area contributed by atoms with Crippen LogP contribution in [-0.2, 0) is 16.4 Å². The van der Waals surface area contributed by atoms with Gasteiger partial charge in [-0.25, -0.2) is 8.42 Å². The molecule has 2 aliphatic heterocycles. The van der Waals surface area contributed by atoms with Gasteiger partial charge in [-0.3, -0.25) is 9.69 Å². The summed E-state index contributed by atoms with van der Waals surface area (Å²) in [6.07, 6.45) is 2.09. The highest BCUT2D eigenvalue weighted by Gasteiger charge is 2.35. The number of hydrogen-bond donors (Lipinski definition) is 0. The molecule has 0 aliphatic carbocycles. The molecule has 150 valence electrons. The Morgan fingerprint density at radius 2 is 1.90 bits per heavy atom. The summed E-state index contributed by atoms with van der Waals surface area (Å²) in [5.74, 6) is 1.03. The Hall–Kier alpha value is -2.16. The molecule has 0 amide bonds. The fourth-order valence-electron chi connectivity index (χ4n) is 4.05. The molecule has 29 heavy (non-hydrogen) atoms. The number of ether oxygens (including phenoxy) is 1. The third kappa shape index (κ3) is 3.39. The molecule has 8 heteroatoms. The predicted octanol–water partition coefficient (Wildman–Crippen LogP) is 3.56. The molecular formula is C21H18BrNO5S. The number of rotatable bonds is 2.